The molecule has 0 spiro atoms. The van der Waals surface area contributed by atoms with Crippen LogP contribution >= 0.6 is 11.8 Å². The molecule has 2 aromatic rings. The number of amides is 1. The first kappa shape index (κ1) is 20.8. The highest BCUT2D eigenvalue weighted by Crippen LogP contribution is 2.34. The quantitative estimate of drug-likeness (QED) is 0.464. The molecule has 0 aliphatic heterocycles. The van der Waals surface area contributed by atoms with Gasteiger partial charge in [0, 0.05) is 28.5 Å². The molecule has 0 atom stereocenters. The van der Waals surface area contributed by atoms with Crippen molar-refractivity contribution in [1.82, 2.24) is 4.90 Å². The number of hydrogen-bond donors (Lipinski definition) is 0. The number of nitro groups is 1. The van der Waals surface area contributed by atoms with Crippen LogP contribution in [0.25, 0.3) is 0 Å². The van der Waals surface area contributed by atoms with Gasteiger partial charge < -0.3 is 4.90 Å². The molecule has 0 aromatic heterocycles. The average molecular weight is 398 g/mol. The molecule has 0 saturated carbocycles. The molecule has 5 nitrogen and oxygen atoms in total. The maximum Gasteiger partial charge on any atom is 0.270 e. The van der Waals surface area contributed by atoms with E-state index in [1.807, 2.05) is 0 Å². The van der Waals surface area contributed by atoms with Gasteiger partial charge in [-0.2, -0.15) is 0 Å². The van der Waals surface area contributed by atoms with Gasteiger partial charge in [0.15, 0.2) is 0 Å². The molecule has 9 heteroatoms. The Labute approximate surface area is 158 Å². The largest absolute Gasteiger partial charge is 0.333 e. The molecule has 0 aliphatic rings. The van der Waals surface area contributed by atoms with Crippen molar-refractivity contribution < 1.29 is 22.9 Å². The Hall–Kier alpha value is -2.55. The summed E-state index contributed by atoms with van der Waals surface area (Å²) in [6.45, 7) is 1.03. The Morgan fingerprint density at radius 3 is 2.52 bits per heavy atom. The summed E-state index contributed by atoms with van der Waals surface area (Å²) in [6, 6.07) is 9.42. The molecular formula is C18H17F3N2O3S. The summed E-state index contributed by atoms with van der Waals surface area (Å²) in [5.41, 5.74) is -0.448. The summed E-state index contributed by atoms with van der Waals surface area (Å²) in [5.74, 6) is -1.27. The summed E-state index contributed by atoms with van der Waals surface area (Å²) < 4.78 is 39.6. The molecular weight excluding hydrogens is 381 g/mol. The van der Waals surface area contributed by atoms with E-state index in [-0.39, 0.29) is 27.6 Å². The Balaban J connectivity index is 2.47. The van der Waals surface area contributed by atoms with Crippen LogP contribution in [0.2, 0.25) is 0 Å². The first-order chi connectivity index (χ1) is 12.8. The number of halogens is 3. The maximum atomic E-state index is 13.9. The van der Waals surface area contributed by atoms with Crippen LogP contribution in [-0.4, -0.2) is 35.2 Å². The van der Waals surface area contributed by atoms with E-state index >= 15 is 0 Å². The third kappa shape index (κ3) is 5.46. The van der Waals surface area contributed by atoms with Gasteiger partial charge in [-0.3, -0.25) is 14.9 Å². The molecule has 2 rings (SSSR count). The highest BCUT2D eigenvalue weighted by molar-refractivity contribution is 7.99. The summed E-state index contributed by atoms with van der Waals surface area (Å²) in [6.07, 6.45) is -2.29. The molecule has 0 radical (unpaired) electrons. The number of alkyl halides is 2. The summed E-state index contributed by atoms with van der Waals surface area (Å²) in [5, 5.41) is 11.1. The van der Waals surface area contributed by atoms with E-state index in [9.17, 15) is 28.1 Å². The molecule has 0 bridgehead atoms. The minimum absolute atomic E-state index is 0.0790. The highest BCUT2D eigenvalue weighted by atomic mass is 32.2. The normalized spacial score (nSPS) is 10.9. The van der Waals surface area contributed by atoms with Gasteiger partial charge in [0.05, 0.1) is 17.0 Å². The summed E-state index contributed by atoms with van der Waals surface area (Å²) in [7, 11) is 0. The molecule has 0 aliphatic carbocycles. The second kappa shape index (κ2) is 9.40. The maximum absolute atomic E-state index is 13.9. The fourth-order valence-electron chi connectivity index (χ4n) is 2.42. The predicted molar refractivity (Wildman–Crippen MR) is 95.8 cm³/mol. The Bertz CT molecular complexity index is 833. The van der Waals surface area contributed by atoms with Gasteiger partial charge >= 0.3 is 0 Å². The lowest BCUT2D eigenvalue weighted by molar-refractivity contribution is -0.384. The van der Waals surface area contributed by atoms with E-state index in [2.05, 4.69) is 0 Å². The zero-order valence-corrected chi connectivity index (χ0v) is 15.2. The summed E-state index contributed by atoms with van der Waals surface area (Å²) >= 11 is 0.911. The number of carbonyl (C=O) groups is 1. The van der Waals surface area contributed by atoms with Crippen LogP contribution in [0.3, 0.4) is 0 Å². The van der Waals surface area contributed by atoms with E-state index in [1.165, 1.54) is 30.3 Å². The lowest BCUT2D eigenvalue weighted by Gasteiger charge is -2.22. The number of nitro benzene ring substituents is 1. The van der Waals surface area contributed by atoms with Crippen molar-refractivity contribution >= 4 is 23.4 Å². The van der Waals surface area contributed by atoms with Crippen molar-refractivity contribution in [3.05, 3.63) is 64.0 Å². The molecule has 0 unspecified atom stereocenters. The lowest BCUT2D eigenvalue weighted by atomic mass is 10.1. The van der Waals surface area contributed by atoms with Gasteiger partial charge in [0.25, 0.3) is 18.0 Å². The lowest BCUT2D eigenvalue weighted by Crippen LogP contribution is -2.36. The number of nitrogens with zero attached hydrogens (tertiary/aromatic N) is 2. The molecule has 2 aromatic carbocycles. The van der Waals surface area contributed by atoms with Gasteiger partial charge in [-0.1, -0.05) is 30.8 Å². The van der Waals surface area contributed by atoms with Crippen molar-refractivity contribution in [2.24, 2.45) is 0 Å². The third-order valence-corrected chi connectivity index (χ3v) is 4.73. The highest BCUT2D eigenvalue weighted by Gasteiger charge is 2.24. The zero-order valence-electron chi connectivity index (χ0n) is 14.4. The van der Waals surface area contributed by atoms with Crippen LogP contribution < -0.4 is 0 Å². The minimum atomic E-state index is -2.73. The first-order valence-corrected chi connectivity index (χ1v) is 8.93. The number of benzene rings is 2. The predicted octanol–water partition coefficient (Wildman–Crippen LogP) is 5.00. The molecule has 0 fully saturated rings. The molecule has 27 heavy (non-hydrogen) atoms. The fourth-order valence-corrected chi connectivity index (χ4v) is 3.36. The number of rotatable bonds is 8. The number of non-ortho nitro benzene ring substituents is 1. The van der Waals surface area contributed by atoms with Gasteiger partial charge in [0.2, 0.25) is 0 Å². The number of carbonyl (C=O) groups excluding carboxylic acids is 1. The average Bonchev–Trinajstić information content (AvgIpc) is 2.62. The molecule has 144 valence electrons. The first-order valence-electron chi connectivity index (χ1n) is 8.11. The molecule has 0 N–H and O–H groups in total. The second-order valence-corrected chi connectivity index (χ2v) is 6.70. The van der Waals surface area contributed by atoms with E-state index in [1.54, 1.807) is 13.0 Å². The van der Waals surface area contributed by atoms with Crippen LogP contribution in [0.5, 0.6) is 0 Å². The molecule has 1 amide bonds. The van der Waals surface area contributed by atoms with Crippen LogP contribution in [0, 0.1) is 15.9 Å². The fraction of sp³-hybridized carbons (Fsp3) is 0.278. The van der Waals surface area contributed by atoms with Crippen LogP contribution in [0.15, 0.2) is 52.3 Å². The monoisotopic (exact) mass is 398 g/mol. The topological polar surface area (TPSA) is 63.5 Å². The minimum Gasteiger partial charge on any atom is -0.333 e. The van der Waals surface area contributed by atoms with E-state index in [0.29, 0.717) is 6.42 Å². The Kier molecular flexibility index (Phi) is 7.23. The molecule has 0 heterocycles. The third-order valence-electron chi connectivity index (χ3n) is 3.60. The van der Waals surface area contributed by atoms with Crippen molar-refractivity contribution in [3.8, 4) is 0 Å². The summed E-state index contributed by atoms with van der Waals surface area (Å²) in [4.78, 5) is 24.6. The molecule has 0 saturated heterocycles. The van der Waals surface area contributed by atoms with Gasteiger partial charge in [0.1, 0.15) is 5.82 Å². The standard InChI is InChI=1S/C18H17F3N2O3S/c1-2-9-22(11-17(20)21)18(24)13-10-12(23(25)26)7-8-15(13)27-16-6-4-3-5-14(16)19/h3-8,10,17H,2,9,11H2,1H3. The second-order valence-electron chi connectivity index (χ2n) is 5.61. The zero-order chi connectivity index (χ0) is 20.0. The van der Waals surface area contributed by atoms with Crippen molar-refractivity contribution in [1.29, 1.82) is 0 Å². The number of hydrogen-bond acceptors (Lipinski definition) is 4. The SMILES string of the molecule is CCCN(CC(F)F)C(=O)c1cc([N+](=O)[O-])ccc1Sc1ccccc1F. The smallest absolute Gasteiger partial charge is 0.270 e. The van der Waals surface area contributed by atoms with Crippen LogP contribution in [0.4, 0.5) is 18.9 Å². The Morgan fingerprint density at radius 2 is 1.93 bits per heavy atom. The van der Waals surface area contributed by atoms with E-state index < -0.39 is 29.6 Å². The Morgan fingerprint density at radius 1 is 1.22 bits per heavy atom. The van der Waals surface area contributed by atoms with Crippen molar-refractivity contribution in [2.45, 2.75) is 29.6 Å². The van der Waals surface area contributed by atoms with Gasteiger partial charge in [-0.15, -0.1) is 0 Å². The van der Waals surface area contributed by atoms with E-state index in [4.69, 9.17) is 0 Å². The van der Waals surface area contributed by atoms with Gasteiger partial charge in [-0.05, 0) is 24.6 Å². The van der Waals surface area contributed by atoms with Crippen molar-refractivity contribution in [3.63, 3.8) is 0 Å². The van der Waals surface area contributed by atoms with Crippen LogP contribution in [0.1, 0.15) is 23.7 Å². The van der Waals surface area contributed by atoms with Crippen molar-refractivity contribution in [2.75, 3.05) is 13.1 Å². The van der Waals surface area contributed by atoms with E-state index in [0.717, 1.165) is 22.7 Å². The van der Waals surface area contributed by atoms with Gasteiger partial charge in [-0.25, -0.2) is 13.2 Å². The van der Waals surface area contributed by atoms with Crippen LogP contribution in [-0.2, 0) is 0 Å².